The smallest absolute Gasteiger partial charge is 0.321 e. The topological polar surface area (TPSA) is 58.2 Å². The molecule has 72 valence electrons. The lowest BCUT2D eigenvalue weighted by Crippen LogP contribution is -2.54. The van der Waals surface area contributed by atoms with Crippen molar-refractivity contribution in [3.05, 3.63) is 12.7 Å². The molecule has 0 saturated carbocycles. The third kappa shape index (κ3) is 2.57. The van der Waals surface area contributed by atoms with Crippen molar-refractivity contribution in [1.29, 1.82) is 0 Å². The molecule has 1 aliphatic rings. The Morgan fingerprint density at radius 2 is 2.38 bits per heavy atom. The first kappa shape index (κ1) is 9.77. The minimum absolute atomic E-state index is 0.0563. The molecule has 0 bridgehead atoms. The molecule has 2 unspecified atom stereocenters. The maximum atomic E-state index is 11.0. The van der Waals surface area contributed by atoms with E-state index in [2.05, 4.69) is 17.2 Å². The van der Waals surface area contributed by atoms with E-state index >= 15 is 0 Å². The zero-order valence-electron chi connectivity index (χ0n) is 7.67. The Labute approximate surface area is 77.4 Å². The number of hydrogen-bond acceptors (Lipinski definition) is 2. The van der Waals surface area contributed by atoms with Crippen LogP contribution in [-0.2, 0) is 4.79 Å². The Hall–Kier alpha value is -1.32. The van der Waals surface area contributed by atoms with E-state index in [1.807, 2.05) is 6.92 Å². The molecule has 0 aromatic heterocycles. The van der Waals surface area contributed by atoms with Crippen LogP contribution in [-0.4, -0.2) is 18.0 Å². The molecule has 4 heteroatoms. The van der Waals surface area contributed by atoms with Crippen molar-refractivity contribution in [3.63, 3.8) is 0 Å². The molecule has 1 fully saturated rings. The summed E-state index contributed by atoms with van der Waals surface area (Å²) in [5.41, 5.74) is 0. The van der Waals surface area contributed by atoms with E-state index in [1.165, 1.54) is 0 Å². The molecule has 3 amide bonds. The average molecular weight is 182 g/mol. The van der Waals surface area contributed by atoms with E-state index in [-0.39, 0.29) is 17.9 Å². The number of imide groups is 1. The summed E-state index contributed by atoms with van der Waals surface area (Å²) in [6.07, 6.45) is 2.96. The van der Waals surface area contributed by atoms with Gasteiger partial charge in [-0.15, -0.1) is 6.58 Å². The summed E-state index contributed by atoms with van der Waals surface area (Å²) in [5.74, 6) is 0.0529. The van der Waals surface area contributed by atoms with Gasteiger partial charge in [-0.3, -0.25) is 10.1 Å². The normalized spacial score (nSPS) is 24.5. The van der Waals surface area contributed by atoms with Crippen LogP contribution in [0.5, 0.6) is 0 Å². The first-order valence-corrected chi connectivity index (χ1v) is 4.34. The number of rotatable bonds is 3. The highest BCUT2D eigenvalue weighted by molar-refractivity contribution is 5.97. The summed E-state index contributed by atoms with van der Waals surface area (Å²) in [6.45, 7) is 5.61. The fourth-order valence-corrected chi connectivity index (χ4v) is 1.40. The lowest BCUT2D eigenvalue weighted by atomic mass is 9.94. The summed E-state index contributed by atoms with van der Waals surface area (Å²) in [7, 11) is 0. The maximum absolute atomic E-state index is 11.0. The van der Waals surface area contributed by atoms with Crippen molar-refractivity contribution >= 4 is 11.9 Å². The van der Waals surface area contributed by atoms with E-state index in [9.17, 15) is 9.59 Å². The highest BCUT2D eigenvalue weighted by Gasteiger charge is 2.27. The molecule has 1 heterocycles. The Morgan fingerprint density at radius 1 is 1.69 bits per heavy atom. The lowest BCUT2D eigenvalue weighted by Gasteiger charge is -2.27. The van der Waals surface area contributed by atoms with Gasteiger partial charge in [0.1, 0.15) is 0 Å². The van der Waals surface area contributed by atoms with Gasteiger partial charge in [-0.25, -0.2) is 4.79 Å². The average Bonchev–Trinajstić information content (AvgIpc) is 2.03. The van der Waals surface area contributed by atoms with Crippen molar-refractivity contribution in [3.8, 4) is 0 Å². The summed E-state index contributed by atoms with van der Waals surface area (Å²) in [5, 5.41) is 4.90. The zero-order valence-corrected chi connectivity index (χ0v) is 7.67. The van der Waals surface area contributed by atoms with Crippen LogP contribution in [0.25, 0.3) is 0 Å². The van der Waals surface area contributed by atoms with E-state index in [0.29, 0.717) is 6.42 Å². The van der Waals surface area contributed by atoms with Gasteiger partial charge in [-0.05, 0) is 12.3 Å². The summed E-state index contributed by atoms with van der Waals surface area (Å²) in [4.78, 5) is 21.9. The van der Waals surface area contributed by atoms with Crippen molar-refractivity contribution in [2.75, 3.05) is 0 Å². The molecule has 1 aliphatic heterocycles. The molecule has 0 spiro atoms. The van der Waals surface area contributed by atoms with Gasteiger partial charge in [-0.2, -0.15) is 0 Å². The van der Waals surface area contributed by atoms with Crippen LogP contribution in [0.3, 0.4) is 0 Å². The second kappa shape index (κ2) is 4.07. The molecule has 0 radical (unpaired) electrons. The molecule has 1 rings (SSSR count). The number of carbonyl (C=O) groups is 2. The predicted octanol–water partition coefficient (Wildman–Crippen LogP) is 0.797. The monoisotopic (exact) mass is 182 g/mol. The van der Waals surface area contributed by atoms with Gasteiger partial charge < -0.3 is 5.32 Å². The third-order valence-corrected chi connectivity index (χ3v) is 2.20. The first-order chi connectivity index (χ1) is 6.13. The van der Waals surface area contributed by atoms with E-state index in [4.69, 9.17) is 0 Å². The number of hydrogen-bond donors (Lipinski definition) is 2. The van der Waals surface area contributed by atoms with E-state index in [0.717, 1.165) is 6.42 Å². The van der Waals surface area contributed by atoms with Gasteiger partial charge in [0.25, 0.3) is 0 Å². The standard InChI is InChI=1S/C9H14N2O2/c1-3-4-6(2)7-5-8(12)11-9(13)10-7/h3,6-7H,1,4-5H2,2H3,(H2,10,11,12,13). The van der Waals surface area contributed by atoms with Crippen LogP contribution in [0, 0.1) is 5.92 Å². The first-order valence-electron chi connectivity index (χ1n) is 4.34. The van der Waals surface area contributed by atoms with Gasteiger partial charge in [0, 0.05) is 12.5 Å². The highest BCUT2D eigenvalue weighted by atomic mass is 16.2. The van der Waals surface area contributed by atoms with Crippen molar-refractivity contribution in [2.45, 2.75) is 25.8 Å². The Balaban J connectivity index is 2.54. The van der Waals surface area contributed by atoms with Gasteiger partial charge in [-0.1, -0.05) is 13.0 Å². The Morgan fingerprint density at radius 3 is 2.92 bits per heavy atom. The van der Waals surface area contributed by atoms with Crippen molar-refractivity contribution < 1.29 is 9.59 Å². The third-order valence-electron chi connectivity index (χ3n) is 2.20. The lowest BCUT2D eigenvalue weighted by molar-refractivity contribution is -0.121. The molecule has 4 nitrogen and oxygen atoms in total. The quantitative estimate of drug-likeness (QED) is 0.634. The number of allylic oxidation sites excluding steroid dienone is 1. The molecule has 13 heavy (non-hydrogen) atoms. The predicted molar refractivity (Wildman–Crippen MR) is 49.1 cm³/mol. The summed E-state index contributed by atoms with van der Waals surface area (Å²) < 4.78 is 0. The molecule has 0 aromatic rings. The number of urea groups is 1. The molecular formula is C9H14N2O2. The van der Waals surface area contributed by atoms with Gasteiger partial charge in [0.2, 0.25) is 5.91 Å². The Kier molecular flexibility index (Phi) is 3.06. The van der Waals surface area contributed by atoms with Crippen LogP contribution in [0.15, 0.2) is 12.7 Å². The van der Waals surface area contributed by atoms with Gasteiger partial charge in [0.05, 0.1) is 0 Å². The molecule has 0 aliphatic carbocycles. The van der Waals surface area contributed by atoms with Crippen LogP contribution < -0.4 is 10.6 Å². The minimum atomic E-state index is -0.392. The minimum Gasteiger partial charge on any atom is -0.334 e. The SMILES string of the molecule is C=CCC(C)C1CC(=O)NC(=O)N1. The van der Waals surface area contributed by atoms with Crippen LogP contribution in [0.1, 0.15) is 19.8 Å². The Bertz CT molecular complexity index is 222. The van der Waals surface area contributed by atoms with E-state index < -0.39 is 6.03 Å². The molecule has 2 N–H and O–H groups in total. The zero-order chi connectivity index (χ0) is 9.84. The van der Waals surface area contributed by atoms with E-state index in [1.54, 1.807) is 6.08 Å². The molecular weight excluding hydrogens is 168 g/mol. The van der Waals surface area contributed by atoms with Crippen molar-refractivity contribution in [2.24, 2.45) is 5.92 Å². The number of nitrogens with one attached hydrogen (secondary N) is 2. The fourth-order valence-electron chi connectivity index (χ4n) is 1.40. The largest absolute Gasteiger partial charge is 0.334 e. The molecule has 1 saturated heterocycles. The van der Waals surface area contributed by atoms with Crippen molar-refractivity contribution in [1.82, 2.24) is 10.6 Å². The highest BCUT2D eigenvalue weighted by Crippen LogP contribution is 2.13. The summed E-state index contributed by atoms with van der Waals surface area (Å²) >= 11 is 0. The molecule has 0 aromatic carbocycles. The van der Waals surface area contributed by atoms with Gasteiger partial charge in [0.15, 0.2) is 0 Å². The number of amides is 3. The number of carbonyl (C=O) groups excluding carboxylic acids is 2. The second-order valence-electron chi connectivity index (χ2n) is 3.33. The van der Waals surface area contributed by atoms with Gasteiger partial charge >= 0.3 is 6.03 Å². The fraction of sp³-hybridized carbons (Fsp3) is 0.556. The summed E-state index contributed by atoms with van der Waals surface area (Å²) in [6, 6.07) is -0.448. The van der Waals surface area contributed by atoms with Crippen LogP contribution in [0.2, 0.25) is 0 Å². The maximum Gasteiger partial charge on any atom is 0.321 e. The second-order valence-corrected chi connectivity index (χ2v) is 3.33. The van der Waals surface area contributed by atoms with Crippen LogP contribution in [0.4, 0.5) is 4.79 Å². The molecule has 2 atom stereocenters. The van der Waals surface area contributed by atoms with Crippen LogP contribution >= 0.6 is 0 Å².